The molecule has 0 aliphatic heterocycles. The molecule has 1 heterocycles. The molecule has 8 heteroatoms. The largest absolute Gasteiger partial charge is 0.495 e. The van der Waals surface area contributed by atoms with Crippen LogP contribution < -0.4 is 15.6 Å². The molecule has 174 valence electrons. The van der Waals surface area contributed by atoms with Crippen molar-refractivity contribution in [3.05, 3.63) is 86.7 Å². The van der Waals surface area contributed by atoms with Crippen molar-refractivity contribution in [1.82, 2.24) is 9.55 Å². The molecule has 0 aliphatic rings. The summed E-state index contributed by atoms with van der Waals surface area (Å²) in [6, 6.07) is 16.5. The SMILES string of the molecule is COc1cc(Cl)c(C)cc1NC(=O)CSc1nc2ccccc2c(=O)n1-c1ccc(C)c(C)c1. The number of rotatable bonds is 6. The van der Waals surface area contributed by atoms with Crippen LogP contribution >= 0.6 is 23.4 Å². The van der Waals surface area contributed by atoms with Crippen molar-refractivity contribution in [2.45, 2.75) is 25.9 Å². The smallest absolute Gasteiger partial charge is 0.266 e. The second-order valence-electron chi connectivity index (χ2n) is 7.96. The van der Waals surface area contributed by atoms with Crippen LogP contribution in [0.3, 0.4) is 0 Å². The Labute approximate surface area is 206 Å². The van der Waals surface area contributed by atoms with Crippen LogP contribution in [0.1, 0.15) is 16.7 Å². The minimum Gasteiger partial charge on any atom is -0.495 e. The number of benzene rings is 3. The van der Waals surface area contributed by atoms with Gasteiger partial charge in [-0.2, -0.15) is 0 Å². The molecule has 6 nitrogen and oxygen atoms in total. The molecule has 1 amide bonds. The molecular weight excluding hydrogens is 470 g/mol. The minimum atomic E-state index is -0.251. The summed E-state index contributed by atoms with van der Waals surface area (Å²) >= 11 is 7.37. The molecule has 1 aromatic heterocycles. The highest BCUT2D eigenvalue weighted by atomic mass is 35.5. The number of hydrogen-bond acceptors (Lipinski definition) is 5. The zero-order chi connectivity index (χ0) is 24.4. The molecule has 0 fully saturated rings. The predicted molar refractivity (Wildman–Crippen MR) is 139 cm³/mol. The highest BCUT2D eigenvalue weighted by Crippen LogP contribution is 2.31. The molecule has 0 atom stereocenters. The van der Waals surface area contributed by atoms with E-state index >= 15 is 0 Å². The van der Waals surface area contributed by atoms with Gasteiger partial charge in [-0.05, 0) is 67.8 Å². The fourth-order valence-electron chi connectivity index (χ4n) is 3.55. The fourth-order valence-corrected chi connectivity index (χ4v) is 4.51. The topological polar surface area (TPSA) is 73.2 Å². The predicted octanol–water partition coefficient (Wildman–Crippen LogP) is 5.70. The Morgan fingerprint density at radius 3 is 2.56 bits per heavy atom. The summed E-state index contributed by atoms with van der Waals surface area (Å²) in [7, 11) is 1.52. The van der Waals surface area contributed by atoms with Gasteiger partial charge >= 0.3 is 0 Å². The number of methoxy groups -OCH3 is 1. The quantitative estimate of drug-likeness (QED) is 0.275. The molecule has 0 radical (unpaired) electrons. The van der Waals surface area contributed by atoms with Crippen LogP contribution in [-0.4, -0.2) is 28.3 Å². The van der Waals surface area contributed by atoms with Crippen molar-refractivity contribution in [3.63, 3.8) is 0 Å². The van der Waals surface area contributed by atoms with E-state index in [1.165, 1.54) is 18.9 Å². The number of hydrogen-bond donors (Lipinski definition) is 1. The van der Waals surface area contributed by atoms with E-state index in [4.69, 9.17) is 21.3 Å². The maximum atomic E-state index is 13.4. The van der Waals surface area contributed by atoms with Crippen molar-refractivity contribution in [1.29, 1.82) is 0 Å². The number of ether oxygens (including phenoxy) is 1. The number of carbonyl (C=O) groups excluding carboxylic acids is 1. The Hall–Kier alpha value is -3.29. The van der Waals surface area contributed by atoms with Gasteiger partial charge in [0.05, 0.1) is 35.1 Å². The van der Waals surface area contributed by atoms with Crippen LogP contribution in [-0.2, 0) is 4.79 Å². The summed E-state index contributed by atoms with van der Waals surface area (Å²) in [5.74, 6) is 0.282. The normalized spacial score (nSPS) is 11.0. The number of fused-ring (bicyclic) bond motifs is 1. The Morgan fingerprint density at radius 1 is 1.06 bits per heavy atom. The summed E-state index contributed by atoms with van der Waals surface area (Å²) in [4.78, 5) is 30.9. The van der Waals surface area contributed by atoms with Crippen LogP contribution in [0.25, 0.3) is 16.6 Å². The number of thioether (sulfide) groups is 1. The van der Waals surface area contributed by atoms with Gasteiger partial charge in [-0.1, -0.05) is 41.6 Å². The Balaban J connectivity index is 1.68. The first-order chi connectivity index (χ1) is 16.3. The number of para-hydroxylation sites is 1. The third-order valence-electron chi connectivity index (χ3n) is 5.58. The minimum absolute atomic E-state index is 0.0560. The first kappa shape index (κ1) is 23.9. The maximum absolute atomic E-state index is 13.4. The molecule has 34 heavy (non-hydrogen) atoms. The number of nitrogens with zero attached hydrogens (tertiary/aromatic N) is 2. The number of amides is 1. The van der Waals surface area contributed by atoms with E-state index < -0.39 is 0 Å². The fraction of sp³-hybridized carbons (Fsp3) is 0.192. The summed E-state index contributed by atoms with van der Waals surface area (Å²) in [6.45, 7) is 5.88. The van der Waals surface area contributed by atoms with Crippen LogP contribution in [0.5, 0.6) is 5.75 Å². The summed E-state index contributed by atoms with van der Waals surface area (Å²) in [5, 5.41) is 4.40. The lowest BCUT2D eigenvalue weighted by Gasteiger charge is -2.15. The van der Waals surface area contributed by atoms with Crippen molar-refractivity contribution >= 4 is 45.9 Å². The second kappa shape index (κ2) is 9.91. The van der Waals surface area contributed by atoms with Crippen LogP contribution in [0.15, 0.2) is 64.5 Å². The third kappa shape index (κ3) is 4.81. The number of aryl methyl sites for hydroxylation is 3. The van der Waals surface area contributed by atoms with Gasteiger partial charge in [0.1, 0.15) is 5.75 Å². The lowest BCUT2D eigenvalue weighted by molar-refractivity contribution is -0.113. The van der Waals surface area contributed by atoms with E-state index in [1.807, 2.05) is 51.1 Å². The first-order valence-corrected chi connectivity index (χ1v) is 12.0. The number of anilines is 1. The second-order valence-corrected chi connectivity index (χ2v) is 9.31. The van der Waals surface area contributed by atoms with Gasteiger partial charge in [-0.3, -0.25) is 14.2 Å². The summed E-state index contributed by atoms with van der Waals surface area (Å²) in [5.41, 5.74) is 4.68. The Morgan fingerprint density at radius 2 is 1.82 bits per heavy atom. The van der Waals surface area contributed by atoms with Gasteiger partial charge in [0.2, 0.25) is 5.91 Å². The standard InChI is InChI=1S/C26H24ClN3O3S/c1-15-9-10-18(11-16(15)2)30-25(32)19-7-5-6-8-21(19)29-26(30)34-14-24(31)28-22-12-17(3)20(27)13-23(22)33-4/h5-13H,14H2,1-4H3,(H,28,31). The summed E-state index contributed by atoms with van der Waals surface area (Å²) < 4.78 is 6.91. The Kier molecular flexibility index (Phi) is 6.95. The van der Waals surface area contributed by atoms with Gasteiger partial charge in [0, 0.05) is 11.1 Å². The van der Waals surface area contributed by atoms with Gasteiger partial charge in [-0.15, -0.1) is 0 Å². The first-order valence-electron chi connectivity index (χ1n) is 10.6. The van der Waals surface area contributed by atoms with Crippen LogP contribution in [0.4, 0.5) is 5.69 Å². The highest BCUT2D eigenvalue weighted by Gasteiger charge is 2.16. The van der Waals surface area contributed by atoms with Crippen molar-refractivity contribution in [2.75, 3.05) is 18.2 Å². The molecule has 4 aromatic rings. The van der Waals surface area contributed by atoms with E-state index in [-0.39, 0.29) is 17.2 Å². The summed E-state index contributed by atoms with van der Waals surface area (Å²) in [6.07, 6.45) is 0. The van der Waals surface area contributed by atoms with Gasteiger partial charge in [0.15, 0.2) is 5.16 Å². The molecule has 0 bridgehead atoms. The average molecular weight is 494 g/mol. The zero-order valence-electron chi connectivity index (χ0n) is 19.3. The molecule has 0 unspecified atom stereocenters. The maximum Gasteiger partial charge on any atom is 0.266 e. The number of carbonyl (C=O) groups is 1. The molecule has 0 saturated heterocycles. The highest BCUT2D eigenvalue weighted by molar-refractivity contribution is 7.99. The molecule has 1 N–H and O–H groups in total. The number of halogens is 1. The molecule has 3 aromatic carbocycles. The van der Waals surface area contributed by atoms with Crippen molar-refractivity contribution in [3.8, 4) is 11.4 Å². The monoisotopic (exact) mass is 493 g/mol. The van der Waals surface area contributed by atoms with Crippen LogP contribution in [0.2, 0.25) is 5.02 Å². The molecule has 0 aliphatic carbocycles. The van der Waals surface area contributed by atoms with E-state index in [0.29, 0.717) is 38.2 Å². The van der Waals surface area contributed by atoms with Crippen molar-refractivity contribution in [2.24, 2.45) is 0 Å². The lowest BCUT2D eigenvalue weighted by Crippen LogP contribution is -2.23. The average Bonchev–Trinajstić information content (AvgIpc) is 2.82. The van der Waals surface area contributed by atoms with Crippen molar-refractivity contribution < 1.29 is 9.53 Å². The number of aromatic nitrogens is 2. The van der Waals surface area contributed by atoms with E-state index in [0.717, 1.165) is 16.7 Å². The van der Waals surface area contributed by atoms with E-state index in [2.05, 4.69) is 5.32 Å². The van der Waals surface area contributed by atoms with Gasteiger partial charge in [0.25, 0.3) is 5.56 Å². The molecule has 0 saturated carbocycles. The van der Waals surface area contributed by atoms with E-state index in [9.17, 15) is 9.59 Å². The van der Waals surface area contributed by atoms with Gasteiger partial charge < -0.3 is 10.1 Å². The Bertz CT molecular complexity index is 1470. The number of nitrogens with one attached hydrogen (secondary N) is 1. The molecular formula is C26H24ClN3O3S. The molecule has 4 rings (SSSR count). The van der Waals surface area contributed by atoms with E-state index in [1.54, 1.807) is 28.8 Å². The lowest BCUT2D eigenvalue weighted by atomic mass is 10.1. The third-order valence-corrected chi connectivity index (χ3v) is 6.93. The zero-order valence-corrected chi connectivity index (χ0v) is 20.9. The molecule has 0 spiro atoms. The van der Waals surface area contributed by atoms with Gasteiger partial charge in [-0.25, -0.2) is 4.98 Å². The van der Waals surface area contributed by atoms with Crippen LogP contribution in [0, 0.1) is 20.8 Å².